The van der Waals surface area contributed by atoms with Gasteiger partial charge >= 0.3 is 5.97 Å². The lowest BCUT2D eigenvalue weighted by atomic mass is 10.2. The molecule has 2 aromatic carbocycles. The molecule has 5 heteroatoms. The molecule has 0 aliphatic carbocycles. The highest BCUT2D eigenvalue weighted by molar-refractivity contribution is 7.99. The number of rotatable bonds is 4. The summed E-state index contributed by atoms with van der Waals surface area (Å²) in [5, 5.41) is 0.683. The maximum absolute atomic E-state index is 11.7. The molecule has 104 valence electrons. The number of carbonyl (C=O) groups is 1. The molecule has 3 nitrogen and oxygen atoms in total. The van der Waals surface area contributed by atoms with Crippen molar-refractivity contribution in [3.8, 4) is 0 Å². The van der Waals surface area contributed by atoms with Gasteiger partial charge in [0.25, 0.3) is 0 Å². The van der Waals surface area contributed by atoms with E-state index in [1.807, 2.05) is 24.3 Å². The van der Waals surface area contributed by atoms with Gasteiger partial charge in [0.15, 0.2) is 0 Å². The molecular formula is C15H14ClNO2S. The minimum absolute atomic E-state index is 0.342. The van der Waals surface area contributed by atoms with Gasteiger partial charge in [-0.05, 0) is 49.4 Å². The Hall–Kier alpha value is -1.65. The number of nitrogens with two attached hydrogens (primary N) is 1. The van der Waals surface area contributed by atoms with E-state index in [1.165, 1.54) is 11.8 Å². The van der Waals surface area contributed by atoms with Gasteiger partial charge in [-0.25, -0.2) is 4.79 Å². The van der Waals surface area contributed by atoms with Gasteiger partial charge in [-0.15, -0.1) is 0 Å². The maximum atomic E-state index is 11.7. The Bertz CT molecular complexity index is 614. The summed E-state index contributed by atoms with van der Waals surface area (Å²) in [4.78, 5) is 13.5. The van der Waals surface area contributed by atoms with E-state index in [-0.39, 0.29) is 5.97 Å². The molecular weight excluding hydrogens is 294 g/mol. The highest BCUT2D eigenvalue weighted by atomic mass is 35.5. The predicted octanol–water partition coefficient (Wildman–Crippen LogP) is 4.25. The van der Waals surface area contributed by atoms with Crippen molar-refractivity contribution < 1.29 is 9.53 Å². The van der Waals surface area contributed by atoms with Crippen LogP contribution in [0.2, 0.25) is 5.02 Å². The van der Waals surface area contributed by atoms with Crippen LogP contribution in [0.15, 0.2) is 52.3 Å². The van der Waals surface area contributed by atoms with E-state index in [4.69, 9.17) is 22.1 Å². The molecule has 0 fully saturated rings. The Morgan fingerprint density at radius 3 is 2.60 bits per heavy atom. The molecule has 0 saturated heterocycles. The van der Waals surface area contributed by atoms with E-state index in [2.05, 4.69) is 0 Å². The first-order valence-electron chi connectivity index (χ1n) is 6.10. The molecule has 0 heterocycles. The van der Waals surface area contributed by atoms with E-state index in [1.54, 1.807) is 25.1 Å². The van der Waals surface area contributed by atoms with Gasteiger partial charge in [0.1, 0.15) is 0 Å². The van der Waals surface area contributed by atoms with E-state index in [0.717, 1.165) is 9.79 Å². The second-order valence-electron chi connectivity index (χ2n) is 4.03. The fourth-order valence-electron chi connectivity index (χ4n) is 1.59. The van der Waals surface area contributed by atoms with Gasteiger partial charge in [0.05, 0.1) is 12.2 Å². The number of esters is 1. The topological polar surface area (TPSA) is 52.3 Å². The first kappa shape index (κ1) is 14.8. The number of halogens is 1. The Balaban J connectivity index is 2.24. The van der Waals surface area contributed by atoms with Crippen LogP contribution < -0.4 is 5.73 Å². The normalized spacial score (nSPS) is 10.3. The van der Waals surface area contributed by atoms with Crippen LogP contribution in [0.3, 0.4) is 0 Å². The quantitative estimate of drug-likeness (QED) is 0.677. The van der Waals surface area contributed by atoms with Gasteiger partial charge < -0.3 is 10.5 Å². The predicted molar refractivity (Wildman–Crippen MR) is 82.4 cm³/mol. The lowest BCUT2D eigenvalue weighted by molar-refractivity contribution is 0.0526. The zero-order chi connectivity index (χ0) is 14.5. The molecule has 2 rings (SSSR count). The maximum Gasteiger partial charge on any atom is 0.338 e. The number of carbonyl (C=O) groups excluding carboxylic acids is 1. The molecule has 2 N–H and O–H groups in total. The molecule has 20 heavy (non-hydrogen) atoms. The molecule has 0 aliphatic heterocycles. The van der Waals surface area contributed by atoms with Crippen LogP contribution >= 0.6 is 23.4 Å². The van der Waals surface area contributed by atoms with E-state index in [9.17, 15) is 4.79 Å². The van der Waals surface area contributed by atoms with Crippen LogP contribution in [-0.4, -0.2) is 12.6 Å². The van der Waals surface area contributed by atoms with E-state index < -0.39 is 0 Å². The smallest absolute Gasteiger partial charge is 0.338 e. The third-order valence-electron chi connectivity index (χ3n) is 2.57. The summed E-state index contributed by atoms with van der Waals surface area (Å²) >= 11 is 7.33. The molecule has 0 unspecified atom stereocenters. The largest absolute Gasteiger partial charge is 0.462 e. The van der Waals surface area contributed by atoms with Crippen LogP contribution in [0.25, 0.3) is 0 Å². The first-order valence-corrected chi connectivity index (χ1v) is 7.29. The monoisotopic (exact) mass is 307 g/mol. The summed E-state index contributed by atoms with van der Waals surface area (Å²) in [6.07, 6.45) is 0. The Kier molecular flexibility index (Phi) is 4.93. The van der Waals surface area contributed by atoms with Crippen LogP contribution in [0, 0.1) is 0 Å². The molecule has 0 aliphatic rings. The average Bonchev–Trinajstić information content (AvgIpc) is 2.44. The number of hydrogen-bond acceptors (Lipinski definition) is 4. The lowest BCUT2D eigenvalue weighted by Crippen LogP contribution is -2.05. The Labute approximate surface area is 127 Å². The van der Waals surface area contributed by atoms with E-state index in [0.29, 0.717) is 22.9 Å². The van der Waals surface area contributed by atoms with Crippen LogP contribution in [0.4, 0.5) is 5.69 Å². The molecule has 0 atom stereocenters. The van der Waals surface area contributed by atoms with Crippen molar-refractivity contribution in [2.45, 2.75) is 16.7 Å². The molecule has 0 radical (unpaired) electrons. The number of hydrogen-bond donors (Lipinski definition) is 1. The summed E-state index contributed by atoms with van der Waals surface area (Å²) in [5.41, 5.74) is 7.06. The van der Waals surface area contributed by atoms with Crippen molar-refractivity contribution in [2.24, 2.45) is 0 Å². The molecule has 0 bridgehead atoms. The zero-order valence-corrected chi connectivity index (χ0v) is 12.5. The number of ether oxygens (including phenoxy) is 1. The van der Waals surface area contributed by atoms with Gasteiger partial charge in [0, 0.05) is 20.5 Å². The van der Waals surface area contributed by atoms with Crippen LogP contribution in [-0.2, 0) is 4.74 Å². The van der Waals surface area contributed by atoms with E-state index >= 15 is 0 Å². The van der Waals surface area contributed by atoms with Gasteiger partial charge in [-0.2, -0.15) is 0 Å². The minimum Gasteiger partial charge on any atom is -0.462 e. The highest BCUT2D eigenvalue weighted by Crippen LogP contribution is 2.33. The fourth-order valence-corrected chi connectivity index (χ4v) is 2.62. The molecule has 0 spiro atoms. The zero-order valence-electron chi connectivity index (χ0n) is 10.9. The minimum atomic E-state index is -0.342. The van der Waals surface area contributed by atoms with Crippen molar-refractivity contribution in [1.29, 1.82) is 0 Å². The highest BCUT2D eigenvalue weighted by Gasteiger charge is 2.10. The second kappa shape index (κ2) is 6.68. The molecule has 2 aromatic rings. The van der Waals surface area contributed by atoms with Gasteiger partial charge in [-0.1, -0.05) is 23.4 Å². The van der Waals surface area contributed by atoms with Crippen molar-refractivity contribution in [3.63, 3.8) is 0 Å². The Morgan fingerprint density at radius 1 is 1.25 bits per heavy atom. The lowest BCUT2D eigenvalue weighted by Gasteiger charge is -2.08. The third kappa shape index (κ3) is 3.68. The van der Waals surface area contributed by atoms with Crippen molar-refractivity contribution in [1.82, 2.24) is 0 Å². The summed E-state index contributed by atoms with van der Waals surface area (Å²) in [7, 11) is 0. The van der Waals surface area contributed by atoms with Gasteiger partial charge in [-0.3, -0.25) is 0 Å². The molecule has 0 aromatic heterocycles. The third-order valence-corrected chi connectivity index (χ3v) is 3.90. The van der Waals surface area contributed by atoms with Crippen LogP contribution in [0.5, 0.6) is 0 Å². The number of nitrogen functional groups attached to an aromatic ring is 1. The first-order chi connectivity index (χ1) is 9.60. The molecule has 0 amide bonds. The SMILES string of the molecule is CCOC(=O)c1ccc(N)c(Sc2ccc(Cl)cc2)c1. The molecule has 0 saturated carbocycles. The van der Waals surface area contributed by atoms with Gasteiger partial charge in [0.2, 0.25) is 0 Å². The summed E-state index contributed by atoms with van der Waals surface area (Å²) < 4.78 is 4.98. The Morgan fingerprint density at radius 2 is 1.95 bits per heavy atom. The standard InChI is InChI=1S/C15H14ClNO2S/c1-2-19-15(18)10-3-8-13(17)14(9-10)20-12-6-4-11(16)5-7-12/h3-9H,2,17H2,1H3. The summed E-state index contributed by atoms with van der Waals surface area (Å²) in [6, 6.07) is 12.6. The summed E-state index contributed by atoms with van der Waals surface area (Å²) in [6.45, 7) is 2.13. The second-order valence-corrected chi connectivity index (χ2v) is 5.58. The van der Waals surface area contributed by atoms with Crippen molar-refractivity contribution in [2.75, 3.05) is 12.3 Å². The number of benzene rings is 2. The van der Waals surface area contributed by atoms with Crippen molar-refractivity contribution in [3.05, 3.63) is 53.1 Å². The van der Waals surface area contributed by atoms with Crippen LogP contribution in [0.1, 0.15) is 17.3 Å². The van der Waals surface area contributed by atoms with Crippen molar-refractivity contribution >= 4 is 35.0 Å². The summed E-state index contributed by atoms with van der Waals surface area (Å²) in [5.74, 6) is -0.342. The number of anilines is 1. The fraction of sp³-hybridized carbons (Fsp3) is 0.133. The average molecular weight is 308 g/mol.